The standard InChI is InChI=1S/C15H13NO2S/c1-10-7-14(11(2)19-10)15(17)18-9-13-6-4-3-5-12(13)8-16/h3-7H,9H2,1-2H3. The third-order valence-corrected chi connectivity index (χ3v) is 3.72. The quantitative estimate of drug-likeness (QED) is 0.801. The molecular formula is C15H13NO2S. The van der Waals surface area contributed by atoms with E-state index < -0.39 is 0 Å². The van der Waals surface area contributed by atoms with Gasteiger partial charge in [-0.05, 0) is 26.0 Å². The second-order valence-corrected chi connectivity index (χ2v) is 5.63. The minimum atomic E-state index is -0.338. The van der Waals surface area contributed by atoms with Crippen LogP contribution in [-0.4, -0.2) is 5.97 Å². The molecule has 0 aliphatic rings. The van der Waals surface area contributed by atoms with Crippen LogP contribution >= 0.6 is 11.3 Å². The zero-order valence-corrected chi connectivity index (χ0v) is 11.6. The Hall–Kier alpha value is -2.12. The van der Waals surface area contributed by atoms with Gasteiger partial charge in [0.1, 0.15) is 6.61 Å². The summed E-state index contributed by atoms with van der Waals surface area (Å²) in [5.74, 6) is -0.338. The summed E-state index contributed by atoms with van der Waals surface area (Å²) in [5.41, 5.74) is 1.87. The lowest BCUT2D eigenvalue weighted by Crippen LogP contribution is -2.06. The van der Waals surface area contributed by atoms with E-state index in [1.165, 1.54) is 0 Å². The highest BCUT2D eigenvalue weighted by molar-refractivity contribution is 7.12. The Morgan fingerprint density at radius 3 is 2.74 bits per heavy atom. The highest BCUT2D eigenvalue weighted by Gasteiger charge is 2.14. The zero-order valence-electron chi connectivity index (χ0n) is 10.8. The molecule has 2 rings (SSSR count). The van der Waals surface area contributed by atoms with Gasteiger partial charge in [-0.3, -0.25) is 0 Å². The first-order chi connectivity index (χ1) is 9.11. The number of benzene rings is 1. The van der Waals surface area contributed by atoms with Crippen molar-refractivity contribution in [3.05, 3.63) is 56.8 Å². The molecule has 4 heteroatoms. The van der Waals surface area contributed by atoms with Gasteiger partial charge in [-0.1, -0.05) is 18.2 Å². The Bertz CT molecular complexity index is 652. The second-order valence-electron chi connectivity index (χ2n) is 4.17. The van der Waals surface area contributed by atoms with Gasteiger partial charge in [-0.25, -0.2) is 4.79 Å². The van der Waals surface area contributed by atoms with Crippen molar-refractivity contribution in [1.82, 2.24) is 0 Å². The topological polar surface area (TPSA) is 50.1 Å². The fourth-order valence-electron chi connectivity index (χ4n) is 1.81. The van der Waals surface area contributed by atoms with Gasteiger partial charge in [0.2, 0.25) is 0 Å². The molecule has 1 aromatic heterocycles. The zero-order chi connectivity index (χ0) is 13.8. The lowest BCUT2D eigenvalue weighted by molar-refractivity contribution is 0.0472. The molecule has 0 amide bonds. The first-order valence-electron chi connectivity index (χ1n) is 5.84. The van der Waals surface area contributed by atoms with Crippen molar-refractivity contribution in [2.75, 3.05) is 0 Å². The molecule has 19 heavy (non-hydrogen) atoms. The molecule has 0 saturated heterocycles. The van der Waals surface area contributed by atoms with Crippen LogP contribution in [0.25, 0.3) is 0 Å². The van der Waals surface area contributed by atoms with Crippen LogP contribution in [0.1, 0.15) is 31.2 Å². The predicted octanol–water partition coefficient (Wildman–Crippen LogP) is 3.59. The highest BCUT2D eigenvalue weighted by Crippen LogP contribution is 2.21. The van der Waals surface area contributed by atoms with Gasteiger partial charge in [-0.15, -0.1) is 11.3 Å². The van der Waals surface area contributed by atoms with Gasteiger partial charge >= 0.3 is 5.97 Å². The molecule has 96 valence electrons. The van der Waals surface area contributed by atoms with E-state index in [4.69, 9.17) is 10.00 Å². The molecule has 0 radical (unpaired) electrons. The van der Waals surface area contributed by atoms with E-state index in [1.54, 1.807) is 29.5 Å². The van der Waals surface area contributed by atoms with Crippen LogP contribution < -0.4 is 0 Å². The molecule has 0 bridgehead atoms. The maximum Gasteiger partial charge on any atom is 0.339 e. The molecule has 0 N–H and O–H groups in total. The molecule has 1 aromatic carbocycles. The van der Waals surface area contributed by atoms with E-state index in [9.17, 15) is 4.79 Å². The molecule has 1 heterocycles. The van der Waals surface area contributed by atoms with Crippen LogP contribution in [0.2, 0.25) is 0 Å². The third kappa shape index (κ3) is 3.01. The molecule has 0 aliphatic heterocycles. The van der Waals surface area contributed by atoms with Crippen LogP contribution in [0, 0.1) is 25.2 Å². The van der Waals surface area contributed by atoms with Crippen LogP contribution in [0.4, 0.5) is 0 Å². The molecule has 0 fully saturated rings. The number of carbonyl (C=O) groups excluding carboxylic acids is 1. The summed E-state index contributed by atoms with van der Waals surface area (Å²) in [7, 11) is 0. The number of nitriles is 1. The SMILES string of the molecule is Cc1cc(C(=O)OCc2ccccc2C#N)c(C)s1. The number of rotatable bonds is 3. The van der Waals surface area contributed by atoms with E-state index in [-0.39, 0.29) is 12.6 Å². The molecule has 0 atom stereocenters. The van der Waals surface area contributed by atoms with Crippen molar-refractivity contribution in [1.29, 1.82) is 5.26 Å². The van der Waals surface area contributed by atoms with Crippen LogP contribution in [0.5, 0.6) is 0 Å². The number of hydrogen-bond donors (Lipinski definition) is 0. The number of hydrogen-bond acceptors (Lipinski definition) is 4. The van der Waals surface area contributed by atoms with E-state index >= 15 is 0 Å². The van der Waals surface area contributed by atoms with Crippen LogP contribution in [-0.2, 0) is 11.3 Å². The van der Waals surface area contributed by atoms with E-state index in [0.29, 0.717) is 11.1 Å². The summed E-state index contributed by atoms with van der Waals surface area (Å²) < 4.78 is 5.27. The van der Waals surface area contributed by atoms with Crippen LogP contribution in [0.3, 0.4) is 0 Å². The Kier molecular flexibility index (Phi) is 3.98. The summed E-state index contributed by atoms with van der Waals surface area (Å²) in [4.78, 5) is 14.0. The molecule has 0 aliphatic carbocycles. The number of aryl methyl sites for hydroxylation is 2. The predicted molar refractivity (Wildman–Crippen MR) is 74.1 cm³/mol. The lowest BCUT2D eigenvalue weighted by atomic mass is 10.1. The first-order valence-corrected chi connectivity index (χ1v) is 6.65. The van der Waals surface area contributed by atoms with Gasteiger partial charge in [-0.2, -0.15) is 5.26 Å². The molecular weight excluding hydrogens is 258 g/mol. The molecule has 0 saturated carbocycles. The van der Waals surface area contributed by atoms with Crippen LogP contribution in [0.15, 0.2) is 30.3 Å². The van der Waals surface area contributed by atoms with Gasteiger partial charge in [0.25, 0.3) is 0 Å². The normalized spacial score (nSPS) is 9.95. The van der Waals surface area contributed by atoms with Gasteiger partial charge < -0.3 is 4.74 Å². The summed E-state index contributed by atoms with van der Waals surface area (Å²) in [6.45, 7) is 3.98. The fourth-order valence-corrected chi connectivity index (χ4v) is 2.72. The smallest absolute Gasteiger partial charge is 0.339 e. The van der Waals surface area contributed by atoms with Crippen molar-refractivity contribution >= 4 is 17.3 Å². The molecule has 0 unspecified atom stereocenters. The van der Waals surface area contributed by atoms with Gasteiger partial charge in [0.05, 0.1) is 17.2 Å². The average molecular weight is 271 g/mol. The number of ether oxygens (including phenoxy) is 1. The monoisotopic (exact) mass is 271 g/mol. The second kappa shape index (κ2) is 5.68. The average Bonchev–Trinajstić information content (AvgIpc) is 2.75. The third-order valence-electron chi connectivity index (χ3n) is 2.76. The Morgan fingerprint density at radius 1 is 1.37 bits per heavy atom. The van der Waals surface area contributed by atoms with Crippen molar-refractivity contribution in [3.63, 3.8) is 0 Å². The minimum absolute atomic E-state index is 0.122. The Balaban J connectivity index is 2.09. The number of thiophene rings is 1. The van der Waals surface area contributed by atoms with E-state index in [0.717, 1.165) is 15.3 Å². The summed E-state index contributed by atoms with van der Waals surface area (Å²) in [6.07, 6.45) is 0. The van der Waals surface area contributed by atoms with E-state index in [2.05, 4.69) is 6.07 Å². The van der Waals surface area contributed by atoms with Crippen molar-refractivity contribution in [2.24, 2.45) is 0 Å². The highest BCUT2D eigenvalue weighted by atomic mass is 32.1. The Labute approximate surface area is 116 Å². The number of esters is 1. The Morgan fingerprint density at radius 2 is 2.11 bits per heavy atom. The van der Waals surface area contributed by atoms with Gasteiger partial charge in [0, 0.05) is 15.3 Å². The first kappa shape index (κ1) is 13.3. The maximum atomic E-state index is 12.0. The molecule has 2 aromatic rings. The largest absolute Gasteiger partial charge is 0.457 e. The number of nitrogens with zero attached hydrogens (tertiary/aromatic N) is 1. The van der Waals surface area contributed by atoms with Gasteiger partial charge in [0.15, 0.2) is 0 Å². The molecule has 3 nitrogen and oxygen atoms in total. The number of carbonyl (C=O) groups is 1. The fraction of sp³-hybridized carbons (Fsp3) is 0.200. The minimum Gasteiger partial charge on any atom is -0.457 e. The van der Waals surface area contributed by atoms with Crippen molar-refractivity contribution < 1.29 is 9.53 Å². The van der Waals surface area contributed by atoms with Crippen molar-refractivity contribution in [3.8, 4) is 6.07 Å². The molecule has 0 spiro atoms. The van der Waals surface area contributed by atoms with E-state index in [1.807, 2.05) is 26.0 Å². The lowest BCUT2D eigenvalue weighted by Gasteiger charge is -2.05. The summed E-state index contributed by atoms with van der Waals surface area (Å²) in [5, 5.41) is 8.96. The summed E-state index contributed by atoms with van der Waals surface area (Å²) >= 11 is 1.57. The summed E-state index contributed by atoms with van der Waals surface area (Å²) in [6, 6.07) is 11.0. The maximum absolute atomic E-state index is 12.0. The van der Waals surface area contributed by atoms with Crippen molar-refractivity contribution in [2.45, 2.75) is 20.5 Å².